The maximum Gasteiger partial charge on any atom is 0.210 e. The van der Waals surface area contributed by atoms with Crippen molar-refractivity contribution >= 4 is 23.0 Å². The van der Waals surface area contributed by atoms with Crippen LogP contribution >= 0.6 is 0 Å². The van der Waals surface area contributed by atoms with Gasteiger partial charge >= 0.3 is 0 Å². The molecule has 4 nitrogen and oxygen atoms in total. The van der Waals surface area contributed by atoms with Gasteiger partial charge in [-0.2, -0.15) is 0 Å². The van der Waals surface area contributed by atoms with Crippen LogP contribution in [0.1, 0.15) is 40.0 Å². The van der Waals surface area contributed by atoms with Crippen LogP contribution in [0.4, 0.5) is 5.69 Å². The number of aliphatic imine (C=N–C) groups is 1. The van der Waals surface area contributed by atoms with Crippen molar-refractivity contribution in [2.75, 3.05) is 13.1 Å². The average molecular weight is 332 g/mol. The molecule has 126 valence electrons. The van der Waals surface area contributed by atoms with Crippen molar-refractivity contribution in [1.82, 2.24) is 4.90 Å². The Morgan fingerprint density at radius 2 is 1.44 bits per heavy atom. The molecule has 25 heavy (non-hydrogen) atoms. The zero-order chi connectivity index (χ0) is 17.2. The van der Waals surface area contributed by atoms with Gasteiger partial charge in [-0.1, -0.05) is 48.9 Å². The monoisotopic (exact) mass is 332 g/mol. The molecule has 0 amide bonds. The van der Waals surface area contributed by atoms with E-state index in [4.69, 9.17) is 0 Å². The van der Waals surface area contributed by atoms with E-state index < -0.39 is 6.04 Å². The van der Waals surface area contributed by atoms with Gasteiger partial charge in [0.15, 0.2) is 5.78 Å². The van der Waals surface area contributed by atoms with Crippen molar-refractivity contribution in [3.05, 3.63) is 65.7 Å². The minimum atomic E-state index is -0.567. The van der Waals surface area contributed by atoms with E-state index in [0.29, 0.717) is 22.5 Å². The highest BCUT2D eigenvalue weighted by molar-refractivity contribution is 6.55. The standard InChI is InChI=1S/C21H20N2O2/c24-20-16-11-5-6-12-17(16)21(25)19(23-13-7-2-8-14-23)18(20)22-15-9-3-1-4-10-15/h1,3-6,9-12,19H,2,7-8,13-14H2. The Labute approximate surface area is 147 Å². The molecule has 4 heteroatoms. The predicted molar refractivity (Wildman–Crippen MR) is 97.9 cm³/mol. The molecule has 0 N–H and O–H groups in total. The molecule has 0 bridgehead atoms. The summed E-state index contributed by atoms with van der Waals surface area (Å²) >= 11 is 0. The number of hydrogen-bond acceptors (Lipinski definition) is 4. The topological polar surface area (TPSA) is 49.7 Å². The van der Waals surface area contributed by atoms with Crippen LogP contribution in [0.2, 0.25) is 0 Å². The van der Waals surface area contributed by atoms with Gasteiger partial charge in [0.05, 0.1) is 5.69 Å². The van der Waals surface area contributed by atoms with E-state index in [1.165, 1.54) is 6.42 Å². The second-order valence-electron chi connectivity index (χ2n) is 6.57. The zero-order valence-electron chi connectivity index (χ0n) is 14.0. The molecule has 4 rings (SSSR count). The van der Waals surface area contributed by atoms with Crippen LogP contribution in [-0.2, 0) is 0 Å². The first-order valence-corrected chi connectivity index (χ1v) is 8.81. The minimum absolute atomic E-state index is 0.00761. The molecule has 0 saturated carbocycles. The molecule has 1 saturated heterocycles. The number of ketones is 2. The van der Waals surface area contributed by atoms with Gasteiger partial charge in [-0.3, -0.25) is 14.5 Å². The molecule has 1 unspecified atom stereocenters. The van der Waals surface area contributed by atoms with E-state index in [-0.39, 0.29) is 11.6 Å². The van der Waals surface area contributed by atoms with Crippen LogP contribution in [0, 0.1) is 0 Å². The lowest BCUT2D eigenvalue weighted by atomic mass is 9.83. The summed E-state index contributed by atoms with van der Waals surface area (Å²) in [6.45, 7) is 1.67. The van der Waals surface area contributed by atoms with E-state index in [1.54, 1.807) is 18.2 Å². The first-order valence-electron chi connectivity index (χ1n) is 8.81. The number of para-hydroxylation sites is 1. The van der Waals surface area contributed by atoms with Crippen LogP contribution in [0.3, 0.4) is 0 Å². The molecular formula is C21H20N2O2. The van der Waals surface area contributed by atoms with Crippen molar-refractivity contribution in [1.29, 1.82) is 0 Å². The number of hydrogen-bond donors (Lipinski definition) is 0. The number of Topliss-reactive ketones (excluding diaryl/α,β-unsaturated/α-hetero) is 2. The Bertz CT molecular complexity index is 836. The number of carbonyl (C=O) groups excluding carboxylic acids is 2. The molecule has 1 aliphatic heterocycles. The number of carbonyl (C=O) groups is 2. The average Bonchev–Trinajstić information content (AvgIpc) is 2.68. The Kier molecular flexibility index (Phi) is 4.28. The molecule has 2 aromatic rings. The predicted octanol–water partition coefficient (Wildman–Crippen LogP) is 3.69. The summed E-state index contributed by atoms with van der Waals surface area (Å²) in [5.41, 5.74) is 2.06. The van der Waals surface area contributed by atoms with Gasteiger partial charge in [0.2, 0.25) is 5.78 Å². The van der Waals surface area contributed by atoms with Crippen LogP contribution < -0.4 is 0 Å². The van der Waals surface area contributed by atoms with E-state index in [0.717, 1.165) is 25.9 Å². The third-order valence-corrected chi connectivity index (χ3v) is 4.94. The van der Waals surface area contributed by atoms with Crippen molar-refractivity contribution in [2.24, 2.45) is 4.99 Å². The minimum Gasteiger partial charge on any atom is -0.292 e. The van der Waals surface area contributed by atoms with Gasteiger partial charge in [-0.15, -0.1) is 0 Å². The second kappa shape index (κ2) is 6.73. The van der Waals surface area contributed by atoms with E-state index >= 15 is 0 Å². The fourth-order valence-electron chi connectivity index (χ4n) is 3.70. The molecule has 2 aliphatic rings. The van der Waals surface area contributed by atoms with E-state index in [9.17, 15) is 9.59 Å². The molecule has 0 spiro atoms. The summed E-state index contributed by atoms with van der Waals surface area (Å²) in [6.07, 6.45) is 3.28. The van der Waals surface area contributed by atoms with Gasteiger partial charge in [0.1, 0.15) is 11.8 Å². The highest BCUT2D eigenvalue weighted by Crippen LogP contribution is 2.27. The maximum atomic E-state index is 13.2. The molecule has 1 atom stereocenters. The van der Waals surface area contributed by atoms with Crippen molar-refractivity contribution < 1.29 is 9.59 Å². The third-order valence-electron chi connectivity index (χ3n) is 4.94. The number of rotatable bonds is 2. The number of likely N-dealkylation sites (tertiary alicyclic amines) is 1. The maximum absolute atomic E-state index is 13.2. The lowest BCUT2D eigenvalue weighted by Crippen LogP contribution is -2.54. The highest BCUT2D eigenvalue weighted by Gasteiger charge is 2.41. The molecule has 1 fully saturated rings. The largest absolute Gasteiger partial charge is 0.292 e. The molecule has 1 aliphatic carbocycles. The van der Waals surface area contributed by atoms with Gasteiger partial charge in [-0.25, -0.2) is 4.99 Å². The SMILES string of the molecule is O=C1C(=Nc2ccccc2)C(N2CCCCC2)C(=O)c2ccccc21. The van der Waals surface area contributed by atoms with Gasteiger partial charge in [-0.05, 0) is 38.1 Å². The fraction of sp³-hybridized carbons (Fsp3) is 0.286. The van der Waals surface area contributed by atoms with E-state index in [2.05, 4.69) is 9.89 Å². The number of fused-ring (bicyclic) bond motifs is 1. The van der Waals surface area contributed by atoms with Crippen LogP contribution in [0.5, 0.6) is 0 Å². The Morgan fingerprint density at radius 3 is 2.16 bits per heavy atom. The molecule has 2 aromatic carbocycles. The van der Waals surface area contributed by atoms with Crippen LogP contribution in [-0.4, -0.2) is 41.3 Å². The summed E-state index contributed by atoms with van der Waals surface area (Å²) in [6, 6.07) is 15.9. The molecule has 1 heterocycles. The number of nitrogens with zero attached hydrogens (tertiary/aromatic N) is 2. The normalized spacial score (nSPS) is 22.9. The fourth-order valence-corrected chi connectivity index (χ4v) is 3.70. The molecular weight excluding hydrogens is 312 g/mol. The van der Waals surface area contributed by atoms with E-state index in [1.807, 2.05) is 36.4 Å². The summed E-state index contributed by atoms with van der Waals surface area (Å²) in [5, 5.41) is 0. The first kappa shape index (κ1) is 15.9. The summed E-state index contributed by atoms with van der Waals surface area (Å²) in [5.74, 6) is -0.138. The van der Waals surface area contributed by atoms with Crippen molar-refractivity contribution in [2.45, 2.75) is 25.3 Å². The first-order chi connectivity index (χ1) is 12.3. The van der Waals surface area contributed by atoms with Gasteiger partial charge in [0, 0.05) is 11.1 Å². The summed E-state index contributed by atoms with van der Waals surface area (Å²) in [7, 11) is 0. The number of piperidine rings is 1. The smallest absolute Gasteiger partial charge is 0.210 e. The highest BCUT2D eigenvalue weighted by atomic mass is 16.1. The molecule has 0 radical (unpaired) electrons. The quantitative estimate of drug-likeness (QED) is 0.843. The van der Waals surface area contributed by atoms with Gasteiger partial charge < -0.3 is 0 Å². The lowest BCUT2D eigenvalue weighted by Gasteiger charge is -2.36. The van der Waals surface area contributed by atoms with Crippen molar-refractivity contribution in [3.8, 4) is 0 Å². The van der Waals surface area contributed by atoms with Crippen LogP contribution in [0.15, 0.2) is 59.6 Å². The summed E-state index contributed by atoms with van der Waals surface area (Å²) in [4.78, 5) is 33.0. The molecule has 0 aromatic heterocycles. The van der Waals surface area contributed by atoms with Gasteiger partial charge in [0.25, 0.3) is 0 Å². The van der Waals surface area contributed by atoms with Crippen molar-refractivity contribution in [3.63, 3.8) is 0 Å². The second-order valence-corrected chi connectivity index (χ2v) is 6.57. The zero-order valence-corrected chi connectivity index (χ0v) is 14.0. The van der Waals surface area contributed by atoms with Crippen LogP contribution in [0.25, 0.3) is 0 Å². The Balaban J connectivity index is 1.84. The lowest BCUT2D eigenvalue weighted by molar-refractivity contribution is 0.0831. The third kappa shape index (κ3) is 2.94. The number of benzene rings is 2. The Morgan fingerprint density at radius 1 is 0.800 bits per heavy atom. The summed E-state index contributed by atoms with van der Waals surface area (Å²) < 4.78 is 0. The Hall–Kier alpha value is -2.59.